The number of pyridine rings is 6. The molecule has 1 N–H and O–H groups in total. The van der Waals surface area contributed by atoms with Gasteiger partial charge in [-0.1, -0.05) is 6.07 Å². The van der Waals surface area contributed by atoms with Crippen molar-refractivity contribution in [3.63, 3.8) is 0 Å². The maximum Gasteiger partial charge on any atom is 3.00 e. The number of imidazole rings is 1. The van der Waals surface area contributed by atoms with Gasteiger partial charge >= 0.3 is 43.4 Å². The molecule has 11 rings (SSSR count). The van der Waals surface area contributed by atoms with Crippen LogP contribution in [0.1, 0.15) is 27.7 Å². The summed E-state index contributed by atoms with van der Waals surface area (Å²) in [6, 6.07) is 33.7. The topological polar surface area (TPSA) is 211 Å². The van der Waals surface area contributed by atoms with Crippen LogP contribution in [0.5, 0.6) is 23.0 Å². The van der Waals surface area contributed by atoms with Gasteiger partial charge in [0, 0.05) is 119 Å². The molecule has 16 nitrogen and oxygen atoms in total. The van der Waals surface area contributed by atoms with Crippen LogP contribution in [0.25, 0.3) is 85.8 Å². The van der Waals surface area contributed by atoms with Crippen LogP contribution < -0.4 is 18.9 Å². The van der Waals surface area contributed by atoms with Crippen molar-refractivity contribution in [2.75, 3.05) is 0 Å². The molecule has 0 amide bonds. The molecule has 73 heavy (non-hydrogen) atoms. The molecule has 0 spiro atoms. The third kappa shape index (κ3) is 12.6. The van der Waals surface area contributed by atoms with Gasteiger partial charge in [0.25, 0.3) is 0 Å². The quantitative estimate of drug-likeness (QED) is 0.0809. The smallest absolute Gasteiger partial charge is 0.427 e. The van der Waals surface area contributed by atoms with Gasteiger partial charge in [-0.2, -0.15) is 0 Å². The van der Waals surface area contributed by atoms with Gasteiger partial charge < -0.3 is 23.9 Å². The number of thiophene rings is 3. The van der Waals surface area contributed by atoms with Crippen LogP contribution in [-0.2, 0) is 38.7 Å². The van der Waals surface area contributed by atoms with Gasteiger partial charge in [0.1, 0.15) is 28.8 Å². The second-order valence-corrected chi connectivity index (χ2v) is 18.4. The van der Waals surface area contributed by atoms with Crippen LogP contribution in [0.4, 0.5) is 0 Å². The number of ether oxygens (including phenoxy) is 4. The van der Waals surface area contributed by atoms with Gasteiger partial charge in [-0.05, 0) is 84.2 Å². The van der Waals surface area contributed by atoms with Crippen LogP contribution in [0.3, 0.4) is 0 Å². The number of H-pyrrole nitrogens is 1. The standard InChI is InChI=1S/C25H14N4S3.2C14H12N2O4.Ru/c1-4-14-21(26-11-1)22-15(5-2-12-27-22)24-23(14)28-25(29-24)20-10-9-19(32-20)18-8-7-17(31-18)16-6-3-13-30-16;2*1-9(17)19-11-3-5-15-13(7-11)14-8-12(4-6-16-14)20-10(2)18;/h1-13H,(H,28,29);2*3-8H,1-2H3;/q;;;+3. The van der Waals surface area contributed by atoms with E-state index >= 15 is 0 Å². The number of esters is 4. The number of nitrogens with zero attached hydrogens (tertiary/aromatic N) is 7. The molecule has 0 fully saturated rings. The van der Waals surface area contributed by atoms with E-state index in [1.165, 1.54) is 72.0 Å². The van der Waals surface area contributed by atoms with E-state index in [2.05, 4.69) is 88.8 Å². The van der Waals surface area contributed by atoms with E-state index in [9.17, 15) is 19.2 Å². The molecule has 0 unspecified atom stereocenters. The molecular weight excluding hydrogens is 1070 g/mol. The fourth-order valence-electron chi connectivity index (χ4n) is 7.20. The van der Waals surface area contributed by atoms with E-state index in [-0.39, 0.29) is 19.5 Å². The number of aromatic amines is 1. The second kappa shape index (κ2) is 23.3. The van der Waals surface area contributed by atoms with Crippen LogP contribution in [0, 0.1) is 0 Å². The van der Waals surface area contributed by atoms with Gasteiger partial charge in [-0.25, -0.2) is 4.98 Å². The average molecular weight is 1110 g/mol. The molecular formula is C53H38N8O8RuS3+3. The number of hydrogen-bond acceptors (Lipinski definition) is 18. The minimum atomic E-state index is -0.413. The summed E-state index contributed by atoms with van der Waals surface area (Å²) in [6.45, 7) is 5.28. The molecule has 10 aromatic heterocycles. The summed E-state index contributed by atoms with van der Waals surface area (Å²) in [5.41, 5.74) is 5.79. The maximum absolute atomic E-state index is 10.9. The van der Waals surface area contributed by atoms with E-state index < -0.39 is 23.9 Å². The van der Waals surface area contributed by atoms with Gasteiger partial charge in [0.2, 0.25) is 0 Å². The Kier molecular flexibility index (Phi) is 16.3. The van der Waals surface area contributed by atoms with Crippen molar-refractivity contribution < 1.29 is 57.6 Å². The van der Waals surface area contributed by atoms with E-state index in [0.29, 0.717) is 45.8 Å². The summed E-state index contributed by atoms with van der Waals surface area (Å²) in [6.07, 6.45) is 9.66. The number of hydrogen-bond donors (Lipinski definition) is 1. The Labute approximate surface area is 440 Å². The zero-order valence-electron chi connectivity index (χ0n) is 38.9. The summed E-state index contributed by atoms with van der Waals surface area (Å²) in [4.78, 5) is 84.3. The van der Waals surface area contributed by atoms with Crippen molar-refractivity contribution in [3.8, 4) is 76.0 Å². The van der Waals surface area contributed by atoms with Gasteiger partial charge in [0.05, 0.1) is 49.7 Å². The van der Waals surface area contributed by atoms with Crippen LogP contribution in [-0.4, -0.2) is 63.7 Å². The summed E-state index contributed by atoms with van der Waals surface area (Å²) >= 11 is 5.38. The van der Waals surface area contributed by atoms with E-state index in [1.54, 1.807) is 71.2 Å². The largest absolute Gasteiger partial charge is 3.00 e. The molecule has 1 radical (unpaired) electrons. The van der Waals surface area contributed by atoms with Gasteiger partial charge in [0.15, 0.2) is 0 Å². The number of fused-ring (bicyclic) bond motifs is 6. The fraction of sp³-hybridized carbons (Fsp3) is 0.0755. The maximum atomic E-state index is 10.9. The molecule has 361 valence electrons. The second-order valence-electron chi connectivity index (χ2n) is 15.3. The number of nitrogens with one attached hydrogen (secondary N) is 1. The van der Waals surface area contributed by atoms with Crippen molar-refractivity contribution >= 4 is 90.7 Å². The molecule has 0 saturated heterocycles. The molecule has 0 aliphatic carbocycles. The van der Waals surface area contributed by atoms with Gasteiger partial charge in [-0.15, -0.1) is 34.0 Å². The van der Waals surface area contributed by atoms with Crippen molar-refractivity contribution in [1.82, 2.24) is 39.9 Å². The summed E-state index contributed by atoms with van der Waals surface area (Å²) in [5.74, 6) is 0.738. The van der Waals surface area contributed by atoms with Crippen molar-refractivity contribution in [2.24, 2.45) is 0 Å². The first-order valence-electron chi connectivity index (χ1n) is 21.8. The van der Waals surface area contributed by atoms with E-state index in [0.717, 1.165) is 43.5 Å². The first kappa shape index (κ1) is 51.1. The SMILES string of the molecule is CC(=O)Oc1ccnc(-c2cc(OC(C)=O)ccn2)c1.CC(=O)Oc1ccnc(-c2cc(OC(C)=O)ccn2)c1.[Ru+3].c1csc(-c2ccc(-c3ccc(-c4nc5c6cccnc6c6ncccc6c5[nH]4)s3)s2)c1. The Balaban J connectivity index is 0.000000153. The Morgan fingerprint density at radius 3 is 1.25 bits per heavy atom. The Morgan fingerprint density at radius 1 is 0.425 bits per heavy atom. The minimum absolute atomic E-state index is 0. The number of carbonyl (C=O) groups is 4. The Hall–Kier alpha value is -8.29. The number of rotatable bonds is 9. The number of aromatic nitrogens is 8. The normalized spacial score (nSPS) is 10.6. The molecule has 0 aliphatic heterocycles. The molecule has 0 saturated carbocycles. The minimum Gasteiger partial charge on any atom is -0.427 e. The van der Waals surface area contributed by atoms with Crippen LogP contribution in [0.15, 0.2) is 152 Å². The van der Waals surface area contributed by atoms with Crippen LogP contribution >= 0.6 is 34.0 Å². The average Bonchev–Trinajstić information content (AvgIpc) is 4.22. The third-order valence-corrected chi connectivity index (χ3v) is 13.5. The predicted molar refractivity (Wildman–Crippen MR) is 277 cm³/mol. The first-order valence-corrected chi connectivity index (χ1v) is 24.3. The van der Waals surface area contributed by atoms with Crippen molar-refractivity contribution in [3.05, 3.63) is 152 Å². The summed E-state index contributed by atoms with van der Waals surface area (Å²) in [7, 11) is 0. The first-order chi connectivity index (χ1) is 34.9. The molecule has 0 bridgehead atoms. The zero-order valence-corrected chi connectivity index (χ0v) is 43.1. The van der Waals surface area contributed by atoms with Gasteiger partial charge in [-0.3, -0.25) is 49.1 Å². The monoisotopic (exact) mass is 1110 g/mol. The Bertz CT molecular complexity index is 3480. The molecule has 20 heteroatoms. The Morgan fingerprint density at radius 2 is 0.822 bits per heavy atom. The fourth-order valence-corrected chi connectivity index (χ4v) is 10.1. The third-order valence-electron chi connectivity index (χ3n) is 10.0. The molecule has 10 heterocycles. The predicted octanol–water partition coefficient (Wildman–Crippen LogP) is 11.8. The molecule has 1 aromatic carbocycles. The molecule has 0 atom stereocenters. The van der Waals surface area contributed by atoms with Crippen molar-refractivity contribution in [1.29, 1.82) is 0 Å². The summed E-state index contributed by atoms with van der Waals surface area (Å²) in [5, 5.41) is 4.19. The molecule has 11 aromatic rings. The van der Waals surface area contributed by atoms with Crippen LogP contribution in [0.2, 0.25) is 0 Å². The van der Waals surface area contributed by atoms with E-state index in [4.69, 9.17) is 23.9 Å². The summed E-state index contributed by atoms with van der Waals surface area (Å²) < 4.78 is 19.9. The van der Waals surface area contributed by atoms with Crippen molar-refractivity contribution in [2.45, 2.75) is 27.7 Å². The van der Waals surface area contributed by atoms with E-state index in [1.807, 2.05) is 35.9 Å². The number of benzene rings is 1. The zero-order chi connectivity index (χ0) is 50.1. The number of carbonyl (C=O) groups excluding carboxylic acids is 4. The molecule has 0 aliphatic rings.